The normalized spacial score (nSPS) is 12.4. The molecule has 3 aromatic rings. The van der Waals surface area contributed by atoms with Crippen LogP contribution in [0.15, 0.2) is 36.5 Å². The number of rotatable bonds is 3. The minimum Gasteiger partial charge on any atom is -0.305 e. The summed E-state index contributed by atoms with van der Waals surface area (Å²) in [5, 5.41) is 3.24. The number of amides is 1. The SMILES string of the molecule is O=CNc1nc2c(s1)-c1nc(-c3ccccc3)ncc1CC2. The zero-order chi connectivity index (χ0) is 14.9. The molecule has 0 unspecified atom stereocenters. The molecular weight excluding hydrogens is 296 g/mol. The Morgan fingerprint density at radius 2 is 2.00 bits per heavy atom. The van der Waals surface area contributed by atoms with Gasteiger partial charge in [0.1, 0.15) is 0 Å². The molecule has 0 fully saturated rings. The van der Waals surface area contributed by atoms with Crippen molar-refractivity contribution in [3.63, 3.8) is 0 Å². The van der Waals surface area contributed by atoms with Crippen LogP contribution >= 0.6 is 11.3 Å². The molecule has 1 N–H and O–H groups in total. The third-order valence-electron chi connectivity index (χ3n) is 3.62. The van der Waals surface area contributed by atoms with Gasteiger partial charge in [-0.2, -0.15) is 0 Å². The van der Waals surface area contributed by atoms with Crippen LogP contribution in [0.25, 0.3) is 22.0 Å². The van der Waals surface area contributed by atoms with E-state index in [1.165, 1.54) is 11.3 Å². The Morgan fingerprint density at radius 3 is 2.82 bits per heavy atom. The summed E-state index contributed by atoms with van der Waals surface area (Å²) in [5.74, 6) is 0.713. The zero-order valence-electron chi connectivity index (χ0n) is 11.6. The van der Waals surface area contributed by atoms with E-state index in [2.05, 4.69) is 15.3 Å². The number of thiazole rings is 1. The maximum Gasteiger partial charge on any atom is 0.213 e. The number of hydrogen-bond donors (Lipinski definition) is 1. The van der Waals surface area contributed by atoms with Crippen LogP contribution < -0.4 is 5.32 Å². The number of benzene rings is 1. The first-order valence-corrected chi connectivity index (χ1v) is 7.78. The predicted octanol–water partition coefficient (Wildman–Crippen LogP) is 2.93. The van der Waals surface area contributed by atoms with E-state index in [1.807, 2.05) is 36.5 Å². The van der Waals surface area contributed by atoms with Crippen molar-refractivity contribution in [1.82, 2.24) is 15.0 Å². The maximum absolute atomic E-state index is 10.6. The lowest BCUT2D eigenvalue weighted by molar-refractivity contribution is -0.105. The standard InChI is InChI=1S/C16H12N4OS/c21-9-18-16-19-12-7-6-11-8-17-15(10-4-2-1-3-5-10)20-13(11)14(12)22-16/h1-5,8-9H,6-7H2,(H,18,19,21). The van der Waals surface area contributed by atoms with E-state index in [1.54, 1.807) is 0 Å². The maximum atomic E-state index is 10.6. The number of anilines is 1. The largest absolute Gasteiger partial charge is 0.305 e. The fourth-order valence-electron chi connectivity index (χ4n) is 2.58. The van der Waals surface area contributed by atoms with Gasteiger partial charge in [0, 0.05) is 11.8 Å². The van der Waals surface area contributed by atoms with E-state index < -0.39 is 0 Å². The Kier molecular flexibility index (Phi) is 3.16. The van der Waals surface area contributed by atoms with Gasteiger partial charge in [0.25, 0.3) is 0 Å². The molecule has 0 radical (unpaired) electrons. The van der Waals surface area contributed by atoms with Crippen LogP contribution in [-0.4, -0.2) is 21.4 Å². The summed E-state index contributed by atoms with van der Waals surface area (Å²) >= 11 is 1.46. The summed E-state index contributed by atoms with van der Waals surface area (Å²) in [6.07, 6.45) is 4.29. The smallest absolute Gasteiger partial charge is 0.213 e. The average Bonchev–Trinajstić information content (AvgIpc) is 2.99. The first kappa shape index (κ1) is 13.1. The van der Waals surface area contributed by atoms with E-state index in [-0.39, 0.29) is 0 Å². The number of nitrogens with zero attached hydrogens (tertiary/aromatic N) is 3. The Balaban J connectivity index is 1.83. The van der Waals surface area contributed by atoms with Crippen molar-refractivity contribution in [3.8, 4) is 22.0 Å². The summed E-state index contributed by atoms with van der Waals surface area (Å²) in [6.45, 7) is 0. The van der Waals surface area contributed by atoms with E-state index in [0.717, 1.165) is 40.2 Å². The third kappa shape index (κ3) is 2.17. The zero-order valence-corrected chi connectivity index (χ0v) is 12.4. The molecule has 22 heavy (non-hydrogen) atoms. The van der Waals surface area contributed by atoms with Gasteiger partial charge in [0.2, 0.25) is 6.41 Å². The molecule has 6 heteroatoms. The summed E-state index contributed by atoms with van der Waals surface area (Å²) in [7, 11) is 0. The van der Waals surface area contributed by atoms with Crippen molar-refractivity contribution in [2.24, 2.45) is 0 Å². The van der Waals surface area contributed by atoms with Gasteiger partial charge in [-0.05, 0) is 18.4 Å². The third-order valence-corrected chi connectivity index (χ3v) is 4.66. The first-order valence-electron chi connectivity index (χ1n) is 6.97. The van der Waals surface area contributed by atoms with Gasteiger partial charge in [-0.3, -0.25) is 4.79 Å². The van der Waals surface area contributed by atoms with Crippen LogP contribution in [0, 0.1) is 0 Å². The Bertz CT molecular complexity index is 845. The van der Waals surface area contributed by atoms with Crippen molar-refractivity contribution in [2.75, 3.05) is 5.32 Å². The van der Waals surface area contributed by atoms with Crippen LogP contribution in [0.2, 0.25) is 0 Å². The fourth-order valence-corrected chi connectivity index (χ4v) is 3.58. The van der Waals surface area contributed by atoms with E-state index in [0.29, 0.717) is 17.4 Å². The molecule has 0 saturated carbocycles. The number of carbonyl (C=O) groups excluding carboxylic acids is 1. The highest BCUT2D eigenvalue weighted by Crippen LogP contribution is 2.38. The van der Waals surface area contributed by atoms with Gasteiger partial charge in [-0.1, -0.05) is 41.7 Å². The molecular formula is C16H12N4OS. The molecule has 0 bridgehead atoms. The molecule has 108 valence electrons. The first-order chi connectivity index (χ1) is 10.8. The lowest BCUT2D eigenvalue weighted by atomic mass is 9.99. The molecule has 1 aliphatic carbocycles. The topological polar surface area (TPSA) is 67.8 Å². The van der Waals surface area contributed by atoms with Gasteiger partial charge in [-0.25, -0.2) is 15.0 Å². The monoisotopic (exact) mass is 308 g/mol. The highest BCUT2D eigenvalue weighted by molar-refractivity contribution is 7.19. The number of nitrogens with one attached hydrogen (secondary N) is 1. The molecule has 0 aliphatic heterocycles. The lowest BCUT2D eigenvalue weighted by Gasteiger charge is -2.14. The summed E-state index contributed by atoms with van der Waals surface area (Å²) in [6, 6.07) is 9.92. The highest BCUT2D eigenvalue weighted by atomic mass is 32.1. The summed E-state index contributed by atoms with van der Waals surface area (Å²) in [4.78, 5) is 25.3. The number of aryl methyl sites for hydroxylation is 2. The van der Waals surface area contributed by atoms with Crippen molar-refractivity contribution in [1.29, 1.82) is 0 Å². The van der Waals surface area contributed by atoms with Crippen molar-refractivity contribution < 1.29 is 4.79 Å². The molecule has 1 aromatic carbocycles. The van der Waals surface area contributed by atoms with E-state index >= 15 is 0 Å². The second-order valence-electron chi connectivity index (χ2n) is 4.99. The molecule has 0 saturated heterocycles. The highest BCUT2D eigenvalue weighted by Gasteiger charge is 2.23. The molecule has 5 nitrogen and oxygen atoms in total. The minimum atomic E-state index is 0.618. The van der Waals surface area contributed by atoms with Crippen molar-refractivity contribution in [2.45, 2.75) is 12.8 Å². The molecule has 1 amide bonds. The molecule has 0 spiro atoms. The van der Waals surface area contributed by atoms with Crippen LogP contribution in [0.4, 0.5) is 5.13 Å². The number of hydrogen-bond acceptors (Lipinski definition) is 5. The fraction of sp³-hybridized carbons (Fsp3) is 0.125. The predicted molar refractivity (Wildman–Crippen MR) is 85.7 cm³/mol. The number of fused-ring (bicyclic) bond motifs is 3. The van der Waals surface area contributed by atoms with Crippen LogP contribution in [0.5, 0.6) is 0 Å². The van der Waals surface area contributed by atoms with E-state index in [4.69, 9.17) is 4.98 Å². The second kappa shape index (κ2) is 5.31. The molecule has 2 heterocycles. The van der Waals surface area contributed by atoms with Gasteiger partial charge >= 0.3 is 0 Å². The van der Waals surface area contributed by atoms with Crippen LogP contribution in [-0.2, 0) is 17.6 Å². The van der Waals surface area contributed by atoms with Gasteiger partial charge in [-0.15, -0.1) is 0 Å². The van der Waals surface area contributed by atoms with E-state index in [9.17, 15) is 4.79 Å². The second-order valence-corrected chi connectivity index (χ2v) is 5.99. The van der Waals surface area contributed by atoms with Gasteiger partial charge in [0.15, 0.2) is 11.0 Å². The lowest BCUT2D eigenvalue weighted by Crippen LogP contribution is -2.06. The number of carbonyl (C=O) groups is 1. The average molecular weight is 308 g/mol. The summed E-state index contributed by atoms with van der Waals surface area (Å²) in [5.41, 5.74) is 4.06. The van der Waals surface area contributed by atoms with Crippen molar-refractivity contribution >= 4 is 22.9 Å². The van der Waals surface area contributed by atoms with Crippen LogP contribution in [0.3, 0.4) is 0 Å². The minimum absolute atomic E-state index is 0.618. The molecule has 2 aromatic heterocycles. The number of aromatic nitrogens is 3. The molecule has 0 atom stereocenters. The Labute approximate surface area is 131 Å². The van der Waals surface area contributed by atoms with Gasteiger partial charge < -0.3 is 5.32 Å². The molecule has 1 aliphatic rings. The quantitative estimate of drug-likeness (QED) is 0.755. The van der Waals surface area contributed by atoms with Gasteiger partial charge in [0.05, 0.1) is 16.3 Å². The Morgan fingerprint density at radius 1 is 1.14 bits per heavy atom. The van der Waals surface area contributed by atoms with Crippen molar-refractivity contribution in [3.05, 3.63) is 47.8 Å². The van der Waals surface area contributed by atoms with Crippen LogP contribution in [0.1, 0.15) is 11.3 Å². The Hall–Kier alpha value is -2.60. The summed E-state index contributed by atoms with van der Waals surface area (Å²) < 4.78 is 0. The molecule has 4 rings (SSSR count).